The van der Waals surface area contributed by atoms with E-state index in [9.17, 15) is 39.6 Å². The fourth-order valence-corrected chi connectivity index (χ4v) is 4.60. The van der Waals surface area contributed by atoms with E-state index in [1.54, 1.807) is 0 Å². The summed E-state index contributed by atoms with van der Waals surface area (Å²) in [6, 6.07) is 11.4. The SMILES string of the molecule is O=C(O)c1ccc2c3ccc(C(=O)O)c4c(C(=O)O)ccc(c5ccc(C(=O)O)c1c25)c43.[H-].[H-].[H-].[H-].[Na+].[Na+].[Na+].[Na+]. The van der Waals surface area contributed by atoms with Crippen molar-refractivity contribution >= 4 is 67.0 Å². The zero-order valence-corrected chi connectivity index (χ0v) is 28.0. The molecule has 36 heavy (non-hydrogen) atoms. The molecular formula is C24H16Na4O8. The maximum Gasteiger partial charge on any atom is 1.00 e. The Morgan fingerprint density at radius 3 is 0.750 bits per heavy atom. The summed E-state index contributed by atoms with van der Waals surface area (Å²) in [4.78, 5) is 47.5. The van der Waals surface area contributed by atoms with Crippen molar-refractivity contribution < 1.29 is 164 Å². The summed E-state index contributed by atoms with van der Waals surface area (Å²) in [5.41, 5.74) is -0.696. The number of carboxylic acids is 4. The Balaban J connectivity index is -0.000000810. The molecule has 0 fully saturated rings. The largest absolute Gasteiger partial charge is 1.00 e. The summed E-state index contributed by atoms with van der Waals surface area (Å²) in [5, 5.41) is 41.7. The van der Waals surface area contributed by atoms with E-state index in [4.69, 9.17) is 0 Å². The van der Waals surface area contributed by atoms with Gasteiger partial charge in [-0.2, -0.15) is 0 Å². The first kappa shape index (κ1) is 33.3. The van der Waals surface area contributed by atoms with Gasteiger partial charge in [-0.3, -0.25) is 0 Å². The molecule has 5 aromatic carbocycles. The van der Waals surface area contributed by atoms with Crippen molar-refractivity contribution in [1.29, 1.82) is 0 Å². The van der Waals surface area contributed by atoms with Gasteiger partial charge < -0.3 is 26.1 Å². The molecular weight excluding hydrogens is 508 g/mol. The Morgan fingerprint density at radius 2 is 0.583 bits per heavy atom. The second kappa shape index (κ2) is 12.4. The minimum atomic E-state index is -1.28. The monoisotopic (exact) mass is 524 g/mol. The molecule has 8 nitrogen and oxygen atoms in total. The molecule has 0 unspecified atom stereocenters. The smallest absolute Gasteiger partial charge is 1.00 e. The third kappa shape index (κ3) is 5.00. The van der Waals surface area contributed by atoms with Gasteiger partial charge in [0.05, 0.1) is 22.3 Å². The molecule has 0 aromatic heterocycles. The molecule has 164 valence electrons. The van der Waals surface area contributed by atoms with Crippen LogP contribution in [0.2, 0.25) is 0 Å². The number of fused-ring (bicyclic) bond motifs is 2. The third-order valence-corrected chi connectivity index (χ3v) is 5.82. The van der Waals surface area contributed by atoms with Crippen molar-refractivity contribution in [3.63, 3.8) is 0 Å². The molecule has 0 spiro atoms. The van der Waals surface area contributed by atoms with Crippen molar-refractivity contribution in [3.8, 4) is 0 Å². The fraction of sp³-hybridized carbons (Fsp3) is 0. The molecule has 4 N–H and O–H groups in total. The van der Waals surface area contributed by atoms with Crippen molar-refractivity contribution in [2.45, 2.75) is 0 Å². The summed E-state index contributed by atoms with van der Waals surface area (Å²) in [6.07, 6.45) is 0. The van der Waals surface area contributed by atoms with Gasteiger partial charge in [0.25, 0.3) is 0 Å². The van der Waals surface area contributed by atoms with E-state index >= 15 is 0 Å². The number of carbonyl (C=O) groups is 4. The molecule has 5 rings (SSSR count). The van der Waals surface area contributed by atoms with Crippen LogP contribution in [-0.4, -0.2) is 44.3 Å². The molecule has 0 atom stereocenters. The van der Waals surface area contributed by atoms with Gasteiger partial charge in [0.1, 0.15) is 0 Å². The maximum atomic E-state index is 11.9. The van der Waals surface area contributed by atoms with Crippen molar-refractivity contribution in [3.05, 3.63) is 70.8 Å². The van der Waals surface area contributed by atoms with Gasteiger partial charge in [0, 0.05) is 10.8 Å². The molecule has 0 amide bonds. The second-order valence-corrected chi connectivity index (χ2v) is 7.36. The molecule has 0 aliphatic carbocycles. The van der Waals surface area contributed by atoms with Crippen LogP contribution < -0.4 is 118 Å². The maximum absolute atomic E-state index is 11.9. The molecule has 0 saturated carbocycles. The van der Waals surface area contributed by atoms with E-state index < -0.39 is 23.9 Å². The summed E-state index contributed by atoms with van der Waals surface area (Å²) in [7, 11) is 0. The molecule has 12 heteroatoms. The topological polar surface area (TPSA) is 149 Å². The van der Waals surface area contributed by atoms with Crippen LogP contribution in [0.25, 0.3) is 43.1 Å². The molecule has 5 aromatic rings. The number of rotatable bonds is 4. The average molecular weight is 524 g/mol. The second-order valence-electron chi connectivity index (χ2n) is 7.36. The summed E-state index contributed by atoms with van der Waals surface area (Å²) < 4.78 is 0. The van der Waals surface area contributed by atoms with Gasteiger partial charge in [0.15, 0.2) is 0 Å². The van der Waals surface area contributed by atoms with Crippen LogP contribution in [0.5, 0.6) is 0 Å². The van der Waals surface area contributed by atoms with Crippen LogP contribution >= 0.6 is 0 Å². The molecule has 0 saturated heterocycles. The summed E-state index contributed by atoms with van der Waals surface area (Å²) >= 11 is 0. The Hall–Kier alpha value is -0.720. The van der Waals surface area contributed by atoms with Gasteiger partial charge in [-0.25, -0.2) is 19.2 Å². The first-order chi connectivity index (χ1) is 15.2. The summed E-state index contributed by atoms with van der Waals surface area (Å²) in [5.74, 6) is -5.13. The van der Waals surface area contributed by atoms with Crippen LogP contribution in [0.4, 0.5) is 0 Å². The summed E-state index contributed by atoms with van der Waals surface area (Å²) in [6.45, 7) is 0. The van der Waals surface area contributed by atoms with E-state index in [0.29, 0.717) is 32.3 Å². The standard InChI is InChI=1S/C24H12O8.4Na.4H/c25-21(26)13-5-1-9-10-2-6-15(23(29)30)20-16(24(31)32)8-4-12(18(10)20)11-3-7-14(22(27)28)19(13)17(9)11;;;;;;;;/h1-8H,(H,25,26)(H,27,28)(H,29,30)(H,31,32);;;;;;;;/q;4*+1;4*-1. The minimum Gasteiger partial charge on any atom is -1.00 e. The first-order valence-corrected chi connectivity index (χ1v) is 9.35. The number of hydrogen-bond donors (Lipinski definition) is 4. The zero-order valence-electron chi connectivity index (χ0n) is 24.0. The normalized spacial score (nSPS) is 10.2. The van der Waals surface area contributed by atoms with Gasteiger partial charge in [-0.1, -0.05) is 24.3 Å². The Morgan fingerprint density at radius 1 is 0.389 bits per heavy atom. The van der Waals surface area contributed by atoms with Gasteiger partial charge in [0.2, 0.25) is 0 Å². The van der Waals surface area contributed by atoms with E-state index in [0.717, 1.165) is 0 Å². The number of hydrogen-bond acceptors (Lipinski definition) is 4. The molecule has 0 aliphatic heterocycles. The van der Waals surface area contributed by atoms with Gasteiger partial charge >= 0.3 is 142 Å². The number of carboxylic acid groups (broad SMARTS) is 4. The molecule has 0 bridgehead atoms. The zero-order chi connectivity index (χ0) is 22.9. The molecule has 0 heterocycles. The van der Waals surface area contributed by atoms with E-state index in [-0.39, 0.29) is 157 Å². The predicted octanol–water partition coefficient (Wildman–Crippen LogP) is -7.00. The number of benzene rings is 5. The Bertz CT molecular complexity index is 1470. The van der Waals surface area contributed by atoms with Gasteiger partial charge in [-0.15, -0.1) is 0 Å². The fourth-order valence-electron chi connectivity index (χ4n) is 4.60. The minimum absolute atomic E-state index is 0. The van der Waals surface area contributed by atoms with Crippen LogP contribution in [0, 0.1) is 0 Å². The predicted molar refractivity (Wildman–Crippen MR) is 120 cm³/mol. The Kier molecular flexibility index (Phi) is 11.5. The third-order valence-electron chi connectivity index (χ3n) is 5.82. The first-order valence-electron chi connectivity index (χ1n) is 9.35. The van der Waals surface area contributed by atoms with Crippen molar-refractivity contribution in [1.82, 2.24) is 0 Å². The van der Waals surface area contributed by atoms with Crippen LogP contribution in [0.3, 0.4) is 0 Å². The Labute approximate surface area is 297 Å². The van der Waals surface area contributed by atoms with Gasteiger partial charge in [-0.05, 0) is 56.6 Å². The van der Waals surface area contributed by atoms with Crippen LogP contribution in [-0.2, 0) is 0 Å². The number of aromatic carboxylic acids is 4. The van der Waals surface area contributed by atoms with E-state index in [1.165, 1.54) is 48.5 Å². The quantitative estimate of drug-likeness (QED) is 0.103. The molecule has 0 radical (unpaired) electrons. The van der Waals surface area contributed by atoms with E-state index in [1.807, 2.05) is 0 Å². The van der Waals surface area contributed by atoms with Crippen LogP contribution in [0.1, 0.15) is 47.1 Å². The van der Waals surface area contributed by atoms with Crippen molar-refractivity contribution in [2.24, 2.45) is 0 Å². The van der Waals surface area contributed by atoms with Crippen molar-refractivity contribution in [2.75, 3.05) is 0 Å². The molecule has 0 aliphatic rings. The van der Waals surface area contributed by atoms with E-state index in [2.05, 4.69) is 0 Å². The average Bonchev–Trinajstić information content (AvgIpc) is 2.75. The van der Waals surface area contributed by atoms with Crippen LogP contribution in [0.15, 0.2) is 48.5 Å².